The van der Waals surface area contributed by atoms with Crippen molar-refractivity contribution in [1.29, 1.82) is 0 Å². The molecule has 0 saturated heterocycles. The Morgan fingerprint density at radius 1 is 0.275 bits per heavy atom. The molecular formula is C48H36N12Na3O30S9-3. The molecule has 0 aliphatic rings. The van der Waals surface area contributed by atoms with Crippen LogP contribution in [0.3, 0.4) is 0 Å². The van der Waals surface area contributed by atoms with E-state index in [1.807, 2.05) is 0 Å². The van der Waals surface area contributed by atoms with E-state index in [1.165, 1.54) is 18.2 Å². The number of aromatic hydroxyl groups is 3. The van der Waals surface area contributed by atoms with Crippen LogP contribution in [0.5, 0.6) is 17.2 Å². The molecule has 0 atom stereocenters. The molecule has 54 heteroatoms. The van der Waals surface area contributed by atoms with Crippen molar-refractivity contribution in [2.75, 3.05) is 34.4 Å². The van der Waals surface area contributed by atoms with Gasteiger partial charge in [-0.25, -0.2) is 50.5 Å². The molecule has 102 heavy (non-hydrogen) atoms. The van der Waals surface area contributed by atoms with Gasteiger partial charge in [0.25, 0.3) is 30.4 Å². The smallest absolute Gasteiger partial charge is 0.744 e. The van der Waals surface area contributed by atoms with Gasteiger partial charge in [-0.1, -0.05) is 0 Å². The van der Waals surface area contributed by atoms with Crippen LogP contribution >= 0.6 is 0 Å². The molecule has 528 valence electrons. The molecule has 9 rings (SSSR count). The van der Waals surface area contributed by atoms with Crippen molar-refractivity contribution >= 4 is 192 Å². The summed E-state index contributed by atoms with van der Waals surface area (Å²) < 4.78 is 304. The fourth-order valence-corrected chi connectivity index (χ4v) is 14.0. The molecule has 0 fully saturated rings. The van der Waals surface area contributed by atoms with Gasteiger partial charge >= 0.3 is 88.7 Å². The van der Waals surface area contributed by atoms with Crippen LogP contribution in [0.15, 0.2) is 184 Å². The van der Waals surface area contributed by atoms with Gasteiger partial charge in [0.1, 0.15) is 127 Å². The van der Waals surface area contributed by atoms with Crippen LogP contribution in [-0.2, 0) is 91.1 Å². The Balaban J connectivity index is 0.000000320. The summed E-state index contributed by atoms with van der Waals surface area (Å²) in [5.74, 6) is -2.63. The van der Waals surface area contributed by atoms with Gasteiger partial charge in [-0.3, -0.25) is 13.7 Å². The molecule has 0 aliphatic carbocycles. The third kappa shape index (κ3) is 20.3. The average molecular weight is 1620 g/mol. The Hall–Kier alpha value is -7.05. The number of anilines is 6. The minimum atomic E-state index is -5.09. The molecule has 0 radical (unpaired) electrons. The van der Waals surface area contributed by atoms with Crippen molar-refractivity contribution in [2.24, 2.45) is 30.7 Å². The number of hydrogen-bond donors (Lipinski definition) is 12. The molecule has 42 nitrogen and oxygen atoms in total. The second kappa shape index (κ2) is 31.3. The number of azo groups is 3. The van der Waals surface area contributed by atoms with Gasteiger partial charge in [0, 0.05) is 17.1 Å². The summed E-state index contributed by atoms with van der Waals surface area (Å²) in [6.07, 6.45) is 0. The van der Waals surface area contributed by atoms with Gasteiger partial charge in [-0.15, -0.1) is 30.7 Å². The summed E-state index contributed by atoms with van der Waals surface area (Å²) in [6, 6.07) is 14.8. The first-order valence-corrected chi connectivity index (χ1v) is 37.7. The predicted molar refractivity (Wildman–Crippen MR) is 332 cm³/mol. The maximum Gasteiger partial charge on any atom is 1.00 e. The fraction of sp³-hybridized carbons (Fsp3) is 0. The van der Waals surface area contributed by atoms with E-state index in [4.69, 9.17) is 34.4 Å². The maximum atomic E-state index is 11.7. The topological polar surface area (TPSA) is 797 Å². The first-order chi connectivity index (χ1) is 45.0. The van der Waals surface area contributed by atoms with E-state index in [-0.39, 0.29) is 106 Å². The summed E-state index contributed by atoms with van der Waals surface area (Å²) in [4.78, 5) is -8.33. The molecule has 0 spiro atoms. The van der Waals surface area contributed by atoms with Crippen molar-refractivity contribution in [2.45, 2.75) is 44.1 Å². The Kier molecular flexibility index (Phi) is 26.8. The van der Waals surface area contributed by atoms with Crippen molar-refractivity contribution < 1.29 is 221 Å². The Labute approximate surface area is 640 Å². The van der Waals surface area contributed by atoms with E-state index < -0.39 is 236 Å². The number of phenolic OH excluding ortho intramolecular Hbond substituents is 3. The second-order valence-corrected chi connectivity index (χ2v) is 31.8. The molecule has 0 amide bonds. The minimum Gasteiger partial charge on any atom is -0.744 e. The largest absolute Gasteiger partial charge is 1.00 e. The number of nitrogens with two attached hydrogens (primary N) is 6. The first-order valence-electron chi connectivity index (χ1n) is 24.9. The third-order valence-corrected chi connectivity index (χ3v) is 20.4. The van der Waals surface area contributed by atoms with E-state index in [2.05, 4.69) is 30.7 Å². The molecule has 9 aromatic rings. The molecule has 0 aromatic heterocycles. The zero-order chi connectivity index (χ0) is 74.8. The SMILES string of the molecule is Nc1ccc(N=Nc2c(N)c(S(=O)(=O)O)cc3cc(S(=O)(=O)[O-])cc(O)c23)c(S(=O)(=O)[O-])c1.Nc1ccc(N=Nc2c(N)c(S(=O)(=O)O)cc3cc(S(=O)(=O)[O-])cc(O)c23)c(S(=O)(=O)[O-])c1.Nc1ccc(N=Nc2c(N)c(S(=O)(=O)O)cc3cc(S(=O)(=O)[O-])cc(O)c23)c(S(=O)(=O)[O-])c1.[Na+].[Na+].[Na+]. The maximum absolute atomic E-state index is 11.7. The van der Waals surface area contributed by atoms with E-state index in [9.17, 15) is 132 Å². The van der Waals surface area contributed by atoms with E-state index >= 15 is 0 Å². The third-order valence-electron chi connectivity index (χ3n) is 12.7. The van der Waals surface area contributed by atoms with E-state index in [1.54, 1.807) is 0 Å². The van der Waals surface area contributed by atoms with Gasteiger partial charge in [0.2, 0.25) is 0 Å². The summed E-state index contributed by atoms with van der Waals surface area (Å²) >= 11 is 0. The Morgan fingerprint density at radius 3 is 0.657 bits per heavy atom. The zero-order valence-electron chi connectivity index (χ0n) is 50.7. The van der Waals surface area contributed by atoms with Gasteiger partial charge in [0.15, 0.2) is 0 Å². The number of phenols is 3. The Bertz CT molecular complexity index is 5610. The van der Waals surface area contributed by atoms with Gasteiger partial charge in [0.05, 0.1) is 62.6 Å². The summed E-state index contributed by atoms with van der Waals surface area (Å²) in [5.41, 5.74) is 27.6. The molecule has 0 saturated carbocycles. The fourth-order valence-electron chi connectivity index (χ4n) is 8.53. The van der Waals surface area contributed by atoms with Crippen molar-refractivity contribution in [3.63, 3.8) is 0 Å². The quantitative estimate of drug-likeness (QED) is 0.0197. The number of hydrogen-bond acceptors (Lipinski definition) is 39. The first kappa shape index (κ1) is 87.4. The predicted octanol–water partition coefficient (Wildman–Crippen LogP) is -5.45. The van der Waals surface area contributed by atoms with Crippen LogP contribution in [0, 0.1) is 0 Å². The standard InChI is InChI=1S/3C16H14N4O10S3.3Na/c3*17-8-1-2-10(12(5-8)32(25,26)27)19-20-16-14-7(4-13(15(16)18)33(28,29)30)3-9(6-11(14)21)31(22,23)24;;;/h3*1-6,21H,17-18H2,(H,22,23,24)(H,25,26,27)(H,28,29,30);;;/q;;;3*+1/p-6. The number of rotatable bonds is 15. The van der Waals surface area contributed by atoms with Crippen molar-refractivity contribution in [3.8, 4) is 17.2 Å². The number of fused-ring (bicyclic) bond motifs is 3. The molecule has 0 unspecified atom stereocenters. The van der Waals surface area contributed by atoms with Crippen LogP contribution in [-0.4, -0.2) is 132 Å². The summed E-state index contributed by atoms with van der Waals surface area (Å²) in [6.45, 7) is 0. The minimum absolute atomic E-state index is 0. The molecule has 18 N–H and O–H groups in total. The summed E-state index contributed by atoms with van der Waals surface area (Å²) in [7, 11) is -45.6. The summed E-state index contributed by atoms with van der Waals surface area (Å²) in [5, 5.41) is 50.1. The Morgan fingerprint density at radius 2 is 0.480 bits per heavy atom. The van der Waals surface area contributed by atoms with Crippen molar-refractivity contribution in [1.82, 2.24) is 0 Å². The monoisotopic (exact) mass is 1620 g/mol. The van der Waals surface area contributed by atoms with Gasteiger partial charge < -0.3 is 77.0 Å². The number of nitrogens with zero attached hydrogens (tertiary/aromatic N) is 6. The van der Waals surface area contributed by atoms with Crippen LogP contribution in [0.1, 0.15) is 0 Å². The van der Waals surface area contributed by atoms with Crippen LogP contribution in [0.2, 0.25) is 0 Å². The van der Waals surface area contributed by atoms with Crippen LogP contribution in [0.4, 0.5) is 68.2 Å². The average Bonchev–Trinajstić information content (AvgIpc) is 0.761. The number of nitrogen functional groups attached to an aromatic ring is 6. The molecular weight excluding hydrogens is 1580 g/mol. The van der Waals surface area contributed by atoms with Crippen LogP contribution in [0.25, 0.3) is 32.3 Å². The second-order valence-electron chi connectivity index (χ2n) is 19.5. The van der Waals surface area contributed by atoms with Crippen LogP contribution < -0.4 is 123 Å². The molecule has 9 aromatic carbocycles. The van der Waals surface area contributed by atoms with Crippen molar-refractivity contribution in [3.05, 3.63) is 109 Å². The molecule has 0 bridgehead atoms. The number of benzene rings is 9. The molecule has 0 heterocycles. The van der Waals surface area contributed by atoms with Gasteiger partial charge in [-0.2, -0.15) is 25.3 Å². The van der Waals surface area contributed by atoms with E-state index in [0.29, 0.717) is 54.6 Å². The normalized spacial score (nSPS) is 12.7. The van der Waals surface area contributed by atoms with Gasteiger partial charge in [-0.05, 0) is 125 Å². The van der Waals surface area contributed by atoms with E-state index in [0.717, 1.165) is 36.4 Å². The molecule has 0 aliphatic heterocycles. The zero-order valence-corrected chi connectivity index (χ0v) is 64.0.